The van der Waals surface area contributed by atoms with Crippen molar-refractivity contribution in [2.24, 2.45) is 17.1 Å². The van der Waals surface area contributed by atoms with Gasteiger partial charge in [0.1, 0.15) is 0 Å². The van der Waals surface area contributed by atoms with Gasteiger partial charge < -0.3 is 11.1 Å². The summed E-state index contributed by atoms with van der Waals surface area (Å²) >= 11 is 0. The highest BCUT2D eigenvalue weighted by atomic mass is 16.1. The summed E-state index contributed by atoms with van der Waals surface area (Å²) in [4.78, 5) is 11.6. The van der Waals surface area contributed by atoms with Gasteiger partial charge >= 0.3 is 0 Å². The zero-order valence-electron chi connectivity index (χ0n) is 10.0. The molecule has 1 amide bonds. The molecule has 1 saturated carbocycles. The van der Waals surface area contributed by atoms with Crippen molar-refractivity contribution in [1.82, 2.24) is 5.32 Å². The molecule has 88 valence electrons. The molecule has 0 aliphatic heterocycles. The van der Waals surface area contributed by atoms with Crippen LogP contribution in [-0.4, -0.2) is 19.0 Å². The van der Waals surface area contributed by atoms with E-state index >= 15 is 0 Å². The van der Waals surface area contributed by atoms with Gasteiger partial charge in [-0.05, 0) is 18.3 Å². The molecule has 1 rings (SSSR count). The van der Waals surface area contributed by atoms with Gasteiger partial charge in [-0.2, -0.15) is 0 Å². The van der Waals surface area contributed by atoms with Gasteiger partial charge in [0, 0.05) is 19.0 Å². The van der Waals surface area contributed by atoms with Crippen LogP contribution in [-0.2, 0) is 4.79 Å². The summed E-state index contributed by atoms with van der Waals surface area (Å²) in [5, 5.41) is 3.02. The Morgan fingerprint density at radius 3 is 2.53 bits per heavy atom. The fourth-order valence-corrected chi connectivity index (χ4v) is 2.16. The Morgan fingerprint density at radius 2 is 2.00 bits per heavy atom. The average molecular weight is 212 g/mol. The van der Waals surface area contributed by atoms with Crippen LogP contribution < -0.4 is 11.1 Å². The second-order valence-corrected chi connectivity index (χ2v) is 5.23. The number of hydrogen-bond donors (Lipinski definition) is 2. The molecule has 3 N–H and O–H groups in total. The van der Waals surface area contributed by atoms with Gasteiger partial charge in [-0.15, -0.1) is 0 Å². The Kier molecular flexibility index (Phi) is 4.58. The number of carbonyl (C=O) groups is 1. The summed E-state index contributed by atoms with van der Waals surface area (Å²) in [6.07, 6.45) is 6.44. The minimum atomic E-state index is -0.0582. The Morgan fingerprint density at radius 1 is 1.40 bits per heavy atom. The van der Waals surface area contributed by atoms with Crippen LogP contribution in [0.3, 0.4) is 0 Å². The lowest BCUT2D eigenvalue weighted by atomic mass is 9.75. The van der Waals surface area contributed by atoms with Gasteiger partial charge in [0.15, 0.2) is 0 Å². The van der Waals surface area contributed by atoms with Crippen LogP contribution in [0.2, 0.25) is 0 Å². The molecule has 0 aromatic carbocycles. The quantitative estimate of drug-likeness (QED) is 0.744. The molecule has 3 nitrogen and oxygen atoms in total. The van der Waals surface area contributed by atoms with Crippen LogP contribution >= 0.6 is 0 Å². The van der Waals surface area contributed by atoms with E-state index in [4.69, 9.17) is 5.73 Å². The summed E-state index contributed by atoms with van der Waals surface area (Å²) in [6.45, 7) is 5.40. The largest absolute Gasteiger partial charge is 0.355 e. The van der Waals surface area contributed by atoms with Gasteiger partial charge in [-0.25, -0.2) is 0 Å². The summed E-state index contributed by atoms with van der Waals surface area (Å²) in [5.41, 5.74) is 5.78. The fraction of sp³-hybridized carbons (Fsp3) is 0.917. The molecule has 1 aliphatic carbocycles. The Hall–Kier alpha value is -0.570. The second kappa shape index (κ2) is 5.50. The summed E-state index contributed by atoms with van der Waals surface area (Å²) < 4.78 is 0. The van der Waals surface area contributed by atoms with Crippen LogP contribution in [0.5, 0.6) is 0 Å². The lowest BCUT2D eigenvalue weighted by Crippen LogP contribution is -2.40. The van der Waals surface area contributed by atoms with Gasteiger partial charge in [-0.3, -0.25) is 4.79 Å². The predicted molar refractivity (Wildman–Crippen MR) is 62.4 cm³/mol. The number of hydrogen-bond acceptors (Lipinski definition) is 2. The monoisotopic (exact) mass is 212 g/mol. The zero-order valence-corrected chi connectivity index (χ0v) is 10.0. The molecule has 0 saturated heterocycles. The van der Waals surface area contributed by atoms with E-state index in [1.165, 1.54) is 32.1 Å². The molecule has 15 heavy (non-hydrogen) atoms. The minimum absolute atomic E-state index is 0.0582. The third kappa shape index (κ3) is 3.82. The summed E-state index contributed by atoms with van der Waals surface area (Å²) in [6, 6.07) is 0. The van der Waals surface area contributed by atoms with Crippen LogP contribution in [0.25, 0.3) is 0 Å². The highest BCUT2D eigenvalue weighted by Crippen LogP contribution is 2.34. The molecule has 0 radical (unpaired) electrons. The fourth-order valence-electron chi connectivity index (χ4n) is 2.16. The first kappa shape index (κ1) is 12.5. The van der Waals surface area contributed by atoms with Gasteiger partial charge in [0.2, 0.25) is 5.91 Å². The predicted octanol–water partition coefficient (Wildman–Crippen LogP) is 1.67. The molecule has 1 aliphatic rings. The van der Waals surface area contributed by atoms with E-state index in [2.05, 4.69) is 12.2 Å². The molecule has 0 bridgehead atoms. The van der Waals surface area contributed by atoms with E-state index < -0.39 is 0 Å². The highest BCUT2D eigenvalue weighted by Gasteiger charge is 2.27. The molecule has 1 atom stereocenters. The number of nitrogens with one attached hydrogen (secondary N) is 1. The molecule has 1 fully saturated rings. The van der Waals surface area contributed by atoms with Crippen molar-refractivity contribution in [3.05, 3.63) is 0 Å². The van der Waals surface area contributed by atoms with E-state index in [1.54, 1.807) is 0 Å². The minimum Gasteiger partial charge on any atom is -0.355 e. The number of rotatable bonds is 4. The van der Waals surface area contributed by atoms with Crippen LogP contribution in [0.4, 0.5) is 0 Å². The normalized spacial score (nSPS) is 22.1. The SMILES string of the molecule is CC(CN)C(=O)NCC1(C)CCCCC1. The Labute approximate surface area is 92.8 Å². The molecular formula is C12H24N2O. The van der Waals surface area contributed by atoms with Gasteiger partial charge in [0.05, 0.1) is 0 Å². The molecule has 0 heterocycles. The van der Waals surface area contributed by atoms with Crippen molar-refractivity contribution in [3.63, 3.8) is 0 Å². The van der Waals surface area contributed by atoms with Crippen LogP contribution in [0, 0.1) is 11.3 Å². The van der Waals surface area contributed by atoms with E-state index in [-0.39, 0.29) is 11.8 Å². The van der Waals surface area contributed by atoms with Crippen molar-refractivity contribution >= 4 is 5.91 Å². The third-order valence-electron chi connectivity index (χ3n) is 3.55. The first-order valence-corrected chi connectivity index (χ1v) is 6.05. The van der Waals surface area contributed by atoms with Gasteiger partial charge in [0.25, 0.3) is 0 Å². The Bertz CT molecular complexity index is 210. The summed E-state index contributed by atoms with van der Waals surface area (Å²) in [7, 11) is 0. The smallest absolute Gasteiger partial charge is 0.224 e. The number of carbonyl (C=O) groups excluding carboxylic acids is 1. The van der Waals surface area contributed by atoms with E-state index in [0.717, 1.165) is 6.54 Å². The maximum absolute atomic E-state index is 11.6. The topological polar surface area (TPSA) is 55.1 Å². The highest BCUT2D eigenvalue weighted by molar-refractivity contribution is 5.78. The molecule has 3 heteroatoms. The molecule has 0 spiro atoms. The van der Waals surface area contributed by atoms with E-state index in [9.17, 15) is 4.79 Å². The molecule has 0 aromatic heterocycles. The second-order valence-electron chi connectivity index (χ2n) is 5.23. The maximum Gasteiger partial charge on any atom is 0.224 e. The van der Waals surface area contributed by atoms with Crippen molar-refractivity contribution in [1.29, 1.82) is 0 Å². The molecule has 0 aromatic rings. The van der Waals surface area contributed by atoms with Crippen molar-refractivity contribution < 1.29 is 4.79 Å². The maximum atomic E-state index is 11.6. The zero-order chi connectivity index (χ0) is 11.3. The van der Waals surface area contributed by atoms with Crippen LogP contribution in [0.15, 0.2) is 0 Å². The van der Waals surface area contributed by atoms with Crippen LogP contribution in [0.1, 0.15) is 46.0 Å². The van der Waals surface area contributed by atoms with E-state index in [0.29, 0.717) is 12.0 Å². The standard InChI is InChI=1S/C12H24N2O/c1-10(8-13)11(15)14-9-12(2)6-4-3-5-7-12/h10H,3-9,13H2,1-2H3,(H,14,15). The van der Waals surface area contributed by atoms with Gasteiger partial charge in [-0.1, -0.05) is 33.1 Å². The van der Waals surface area contributed by atoms with E-state index in [1.807, 2.05) is 6.92 Å². The van der Waals surface area contributed by atoms with Crippen molar-refractivity contribution in [3.8, 4) is 0 Å². The molecule has 1 unspecified atom stereocenters. The first-order chi connectivity index (χ1) is 7.07. The number of nitrogens with two attached hydrogens (primary N) is 1. The summed E-state index contributed by atoms with van der Waals surface area (Å²) in [5.74, 6) is 0.0430. The lowest BCUT2D eigenvalue weighted by Gasteiger charge is -2.33. The first-order valence-electron chi connectivity index (χ1n) is 6.05. The number of amides is 1. The van der Waals surface area contributed by atoms with Crippen molar-refractivity contribution in [2.75, 3.05) is 13.1 Å². The lowest BCUT2D eigenvalue weighted by molar-refractivity contribution is -0.124. The Balaban J connectivity index is 2.31. The third-order valence-corrected chi connectivity index (χ3v) is 3.55. The van der Waals surface area contributed by atoms with Crippen molar-refractivity contribution in [2.45, 2.75) is 46.0 Å². The average Bonchev–Trinajstić information content (AvgIpc) is 2.26. The molecular weight excluding hydrogens is 188 g/mol.